The Labute approximate surface area is 72.2 Å². The lowest BCUT2D eigenvalue weighted by molar-refractivity contribution is -0.0792. The van der Waals surface area contributed by atoms with Crippen LogP contribution in [0.5, 0.6) is 0 Å². The molecule has 0 amide bonds. The fourth-order valence-corrected chi connectivity index (χ4v) is 3.31. The molecule has 0 aromatic rings. The molecular weight excluding hydrogens is 131 g/mol. The van der Waals surface area contributed by atoms with Crippen LogP contribution in [-0.4, -0.2) is 7.85 Å². The molecule has 1 saturated carbocycles. The third-order valence-electron chi connectivity index (χ3n) is 3.81. The largest absolute Gasteiger partial charge is 0.0714 e. The van der Waals surface area contributed by atoms with Gasteiger partial charge < -0.3 is 0 Å². The van der Waals surface area contributed by atoms with Crippen LogP contribution >= 0.6 is 0 Å². The molecule has 1 fully saturated rings. The molecule has 0 aromatic carbocycles. The summed E-state index contributed by atoms with van der Waals surface area (Å²) in [6.45, 7) is 11.4. The second kappa shape index (κ2) is 2.28. The maximum atomic E-state index is 6.10. The van der Waals surface area contributed by atoms with Crippen LogP contribution in [0, 0.1) is 16.7 Å². The van der Waals surface area contributed by atoms with Crippen molar-refractivity contribution in [2.24, 2.45) is 16.7 Å². The summed E-state index contributed by atoms with van der Waals surface area (Å²) in [5.41, 5.74) is 0.719. The van der Waals surface area contributed by atoms with Crippen LogP contribution < -0.4 is 0 Å². The Kier molecular flexibility index (Phi) is 1.89. The van der Waals surface area contributed by atoms with E-state index in [0.29, 0.717) is 16.6 Å². The van der Waals surface area contributed by atoms with Crippen LogP contribution in [0.25, 0.3) is 0 Å². The minimum absolute atomic E-state index is 0.359. The standard InChI is InChI=1S/C10H19B/c1-6-7-9(2,3)8(11)10(7,4)5/h7-8H,6H2,1-5H3. The van der Waals surface area contributed by atoms with E-state index in [1.165, 1.54) is 6.42 Å². The first kappa shape index (κ1) is 9.16. The molecule has 0 saturated heterocycles. The Hall–Kier alpha value is 0.0649. The molecule has 0 unspecified atom stereocenters. The average molecular weight is 150 g/mol. The van der Waals surface area contributed by atoms with E-state index in [4.69, 9.17) is 7.85 Å². The van der Waals surface area contributed by atoms with E-state index < -0.39 is 0 Å². The summed E-state index contributed by atoms with van der Waals surface area (Å²) in [5, 5.41) is 0. The Morgan fingerprint density at radius 2 is 1.45 bits per heavy atom. The van der Waals surface area contributed by atoms with Crippen molar-refractivity contribution in [1.82, 2.24) is 0 Å². The van der Waals surface area contributed by atoms with Crippen LogP contribution in [0.2, 0.25) is 5.82 Å². The minimum Gasteiger partial charge on any atom is -0.0668 e. The Balaban J connectivity index is 2.79. The van der Waals surface area contributed by atoms with Crippen molar-refractivity contribution in [2.45, 2.75) is 46.9 Å². The van der Waals surface area contributed by atoms with Gasteiger partial charge in [-0.25, -0.2) is 0 Å². The summed E-state index contributed by atoms with van der Waals surface area (Å²) >= 11 is 0. The molecule has 1 heteroatoms. The molecule has 0 heterocycles. The van der Waals surface area contributed by atoms with Gasteiger partial charge in [0.05, 0.1) is 7.85 Å². The summed E-state index contributed by atoms with van der Waals surface area (Å²) in [4.78, 5) is 0. The molecule has 0 aliphatic heterocycles. The van der Waals surface area contributed by atoms with Crippen LogP contribution in [0.3, 0.4) is 0 Å². The molecule has 0 bridgehead atoms. The lowest BCUT2D eigenvalue weighted by atomic mass is 9.35. The van der Waals surface area contributed by atoms with Crippen LogP contribution in [0.1, 0.15) is 41.0 Å². The highest BCUT2D eigenvalue weighted by molar-refractivity contribution is 6.13. The zero-order valence-electron chi connectivity index (χ0n) is 8.44. The predicted molar refractivity (Wildman–Crippen MR) is 50.8 cm³/mol. The van der Waals surface area contributed by atoms with Gasteiger partial charge in [-0.15, -0.1) is 0 Å². The van der Waals surface area contributed by atoms with E-state index in [9.17, 15) is 0 Å². The maximum Gasteiger partial charge on any atom is 0.0714 e. The first-order chi connectivity index (χ1) is 4.85. The normalized spacial score (nSPS) is 39.7. The van der Waals surface area contributed by atoms with Crippen molar-refractivity contribution in [3.63, 3.8) is 0 Å². The molecule has 1 rings (SSSR count). The third-order valence-corrected chi connectivity index (χ3v) is 3.81. The van der Waals surface area contributed by atoms with Gasteiger partial charge in [0.2, 0.25) is 0 Å². The van der Waals surface area contributed by atoms with Crippen molar-refractivity contribution in [3.8, 4) is 0 Å². The van der Waals surface area contributed by atoms with Gasteiger partial charge in [0.15, 0.2) is 0 Å². The Morgan fingerprint density at radius 1 is 1.09 bits per heavy atom. The highest BCUT2D eigenvalue weighted by Crippen LogP contribution is 2.66. The highest BCUT2D eigenvalue weighted by atomic mass is 14.6. The Bertz CT molecular complexity index is 142. The average Bonchev–Trinajstić information content (AvgIpc) is 1.86. The van der Waals surface area contributed by atoms with E-state index >= 15 is 0 Å². The lowest BCUT2D eigenvalue weighted by Crippen LogP contribution is -2.55. The van der Waals surface area contributed by atoms with Crippen molar-refractivity contribution < 1.29 is 0 Å². The molecule has 1 aliphatic carbocycles. The van der Waals surface area contributed by atoms with E-state index in [2.05, 4.69) is 34.6 Å². The van der Waals surface area contributed by atoms with E-state index in [0.717, 1.165) is 5.92 Å². The van der Waals surface area contributed by atoms with Gasteiger partial charge in [0, 0.05) is 0 Å². The van der Waals surface area contributed by atoms with Crippen LogP contribution in [0.15, 0.2) is 0 Å². The summed E-state index contributed by atoms with van der Waals surface area (Å²) in [7, 11) is 6.10. The predicted octanol–water partition coefficient (Wildman–Crippen LogP) is 3.04. The lowest BCUT2D eigenvalue weighted by Gasteiger charge is -2.64. The van der Waals surface area contributed by atoms with Crippen molar-refractivity contribution in [1.29, 1.82) is 0 Å². The molecule has 1 aliphatic rings. The molecule has 0 aromatic heterocycles. The van der Waals surface area contributed by atoms with Gasteiger partial charge in [-0.1, -0.05) is 46.9 Å². The van der Waals surface area contributed by atoms with Gasteiger partial charge in [-0.2, -0.15) is 0 Å². The number of hydrogen-bond acceptors (Lipinski definition) is 0. The zero-order chi connectivity index (χ0) is 8.86. The topological polar surface area (TPSA) is 0 Å². The molecule has 11 heavy (non-hydrogen) atoms. The fourth-order valence-electron chi connectivity index (χ4n) is 3.31. The van der Waals surface area contributed by atoms with Gasteiger partial charge >= 0.3 is 0 Å². The molecule has 62 valence electrons. The number of rotatable bonds is 1. The summed E-state index contributed by atoms with van der Waals surface area (Å²) in [6.07, 6.45) is 1.26. The summed E-state index contributed by atoms with van der Waals surface area (Å²) in [6, 6.07) is 0. The van der Waals surface area contributed by atoms with Crippen LogP contribution in [0.4, 0.5) is 0 Å². The molecular formula is C10H19B. The first-order valence-corrected chi connectivity index (χ1v) is 4.60. The Morgan fingerprint density at radius 3 is 1.64 bits per heavy atom. The van der Waals surface area contributed by atoms with Crippen molar-refractivity contribution in [3.05, 3.63) is 0 Å². The second-order valence-corrected chi connectivity index (χ2v) is 5.08. The van der Waals surface area contributed by atoms with Gasteiger partial charge in [-0.3, -0.25) is 0 Å². The van der Waals surface area contributed by atoms with Gasteiger partial charge in [-0.05, 0) is 16.7 Å². The molecule has 0 nitrogen and oxygen atoms in total. The quantitative estimate of drug-likeness (QED) is 0.504. The molecule has 0 atom stereocenters. The highest BCUT2D eigenvalue weighted by Gasteiger charge is 2.56. The van der Waals surface area contributed by atoms with E-state index in [1.807, 2.05) is 0 Å². The second-order valence-electron chi connectivity index (χ2n) is 5.08. The summed E-state index contributed by atoms with van der Waals surface area (Å²) < 4.78 is 0. The number of hydrogen-bond donors (Lipinski definition) is 0. The van der Waals surface area contributed by atoms with Gasteiger partial charge in [0.1, 0.15) is 0 Å². The third kappa shape index (κ3) is 0.964. The SMILES string of the molecule is [B]C1C(C)(C)C(CC)C1(C)C. The molecule has 2 radical (unpaired) electrons. The van der Waals surface area contributed by atoms with Crippen molar-refractivity contribution in [2.75, 3.05) is 0 Å². The monoisotopic (exact) mass is 150 g/mol. The van der Waals surface area contributed by atoms with Crippen molar-refractivity contribution >= 4 is 7.85 Å². The smallest absolute Gasteiger partial charge is 0.0668 e. The fraction of sp³-hybridized carbons (Fsp3) is 1.00. The zero-order valence-corrected chi connectivity index (χ0v) is 8.44. The first-order valence-electron chi connectivity index (χ1n) is 4.60. The van der Waals surface area contributed by atoms with E-state index in [-0.39, 0.29) is 0 Å². The minimum atomic E-state index is 0.359. The summed E-state index contributed by atoms with van der Waals surface area (Å²) in [5.74, 6) is 1.17. The van der Waals surface area contributed by atoms with Crippen LogP contribution in [-0.2, 0) is 0 Å². The van der Waals surface area contributed by atoms with Gasteiger partial charge in [0.25, 0.3) is 0 Å². The molecule has 0 spiro atoms. The maximum absolute atomic E-state index is 6.10. The molecule has 0 N–H and O–H groups in total. The van der Waals surface area contributed by atoms with E-state index in [1.54, 1.807) is 0 Å².